The molecule has 0 amide bonds. The molecule has 104 valence electrons. The second kappa shape index (κ2) is 4.85. The number of benzene rings is 2. The van der Waals surface area contributed by atoms with E-state index in [1.54, 1.807) is 42.5 Å². The number of halogens is 3. The third-order valence-electron chi connectivity index (χ3n) is 3.66. The van der Waals surface area contributed by atoms with Crippen LogP contribution >= 0.6 is 0 Å². The molecule has 0 spiro atoms. The number of anilines is 1. The fourth-order valence-corrected chi connectivity index (χ4v) is 2.81. The number of hydrogen-bond donors (Lipinski definition) is 0. The number of hydrogen-bond acceptors (Lipinski definition) is 1. The zero-order valence-electron chi connectivity index (χ0n) is 10.8. The molecule has 0 saturated heterocycles. The molecule has 1 aliphatic heterocycles. The normalized spacial score (nSPS) is 16.1. The smallest absolute Gasteiger partial charge is 0.356 e. The lowest BCUT2D eigenvalue weighted by Crippen LogP contribution is -2.37. The maximum Gasteiger partial charge on any atom is 0.412 e. The number of para-hydroxylation sites is 1. The molecular weight excluding hydrogens is 263 g/mol. The first kappa shape index (κ1) is 13.0. The monoisotopic (exact) mass is 277 g/mol. The van der Waals surface area contributed by atoms with E-state index in [2.05, 4.69) is 0 Å². The molecule has 0 aromatic heterocycles. The standard InChI is InChI=1S/C16H14F3N/c17-16(18,19)15(13-7-2-1-3-8-13)20-11-10-12-6-4-5-9-14(12)20/h1-9,15H,10-11H2. The minimum Gasteiger partial charge on any atom is -0.356 e. The molecule has 2 aromatic carbocycles. The molecule has 0 fully saturated rings. The Labute approximate surface area is 115 Å². The summed E-state index contributed by atoms with van der Waals surface area (Å²) in [5, 5.41) is 0. The van der Waals surface area contributed by atoms with Gasteiger partial charge in [0.15, 0.2) is 6.04 Å². The molecule has 1 heterocycles. The molecular formula is C16H14F3N. The molecule has 0 bridgehead atoms. The maximum absolute atomic E-state index is 13.5. The molecule has 0 aliphatic carbocycles. The molecule has 20 heavy (non-hydrogen) atoms. The van der Waals surface area contributed by atoms with Gasteiger partial charge in [0.1, 0.15) is 0 Å². The van der Waals surface area contributed by atoms with Crippen molar-refractivity contribution in [1.29, 1.82) is 0 Å². The van der Waals surface area contributed by atoms with Crippen LogP contribution in [-0.2, 0) is 6.42 Å². The summed E-state index contributed by atoms with van der Waals surface area (Å²) in [6.07, 6.45) is -3.63. The Kier molecular flexibility index (Phi) is 3.16. The van der Waals surface area contributed by atoms with Gasteiger partial charge in [-0.05, 0) is 23.6 Å². The zero-order chi connectivity index (χ0) is 14.2. The third kappa shape index (κ3) is 2.26. The first-order valence-corrected chi connectivity index (χ1v) is 6.53. The predicted molar refractivity (Wildman–Crippen MR) is 72.7 cm³/mol. The Morgan fingerprint density at radius 2 is 1.55 bits per heavy atom. The zero-order valence-corrected chi connectivity index (χ0v) is 10.8. The first-order valence-electron chi connectivity index (χ1n) is 6.53. The van der Waals surface area contributed by atoms with Gasteiger partial charge in [-0.15, -0.1) is 0 Å². The van der Waals surface area contributed by atoms with Crippen LogP contribution in [0.4, 0.5) is 18.9 Å². The lowest BCUT2D eigenvalue weighted by Gasteiger charge is -2.32. The van der Waals surface area contributed by atoms with Crippen LogP contribution in [0.25, 0.3) is 0 Å². The largest absolute Gasteiger partial charge is 0.412 e. The predicted octanol–water partition coefficient (Wildman–Crippen LogP) is 4.35. The Morgan fingerprint density at radius 1 is 0.900 bits per heavy atom. The Bertz CT molecular complexity index is 592. The molecule has 0 N–H and O–H groups in total. The van der Waals surface area contributed by atoms with Crippen molar-refractivity contribution in [2.75, 3.05) is 11.4 Å². The van der Waals surface area contributed by atoms with Gasteiger partial charge in [0.25, 0.3) is 0 Å². The van der Waals surface area contributed by atoms with E-state index in [1.807, 2.05) is 12.1 Å². The Balaban J connectivity index is 2.05. The van der Waals surface area contributed by atoms with Crippen LogP contribution < -0.4 is 4.90 Å². The van der Waals surface area contributed by atoms with Crippen molar-refractivity contribution in [3.8, 4) is 0 Å². The summed E-state index contributed by atoms with van der Waals surface area (Å²) in [5.74, 6) is 0. The van der Waals surface area contributed by atoms with Gasteiger partial charge in [0, 0.05) is 12.2 Å². The molecule has 3 rings (SSSR count). The minimum atomic E-state index is -4.29. The summed E-state index contributed by atoms with van der Waals surface area (Å²) in [4.78, 5) is 1.46. The van der Waals surface area contributed by atoms with Gasteiger partial charge in [-0.25, -0.2) is 0 Å². The van der Waals surface area contributed by atoms with E-state index in [0.717, 1.165) is 5.56 Å². The average molecular weight is 277 g/mol. The van der Waals surface area contributed by atoms with Crippen LogP contribution in [0.1, 0.15) is 17.2 Å². The highest BCUT2D eigenvalue weighted by Crippen LogP contribution is 2.43. The molecule has 1 nitrogen and oxygen atoms in total. The van der Waals surface area contributed by atoms with E-state index in [1.165, 1.54) is 4.90 Å². The minimum absolute atomic E-state index is 0.289. The highest BCUT2D eigenvalue weighted by Gasteiger charge is 2.46. The van der Waals surface area contributed by atoms with Crippen LogP contribution in [0, 0.1) is 0 Å². The van der Waals surface area contributed by atoms with Crippen molar-refractivity contribution in [2.24, 2.45) is 0 Å². The molecule has 4 heteroatoms. The van der Waals surface area contributed by atoms with E-state index in [4.69, 9.17) is 0 Å². The van der Waals surface area contributed by atoms with Crippen molar-refractivity contribution >= 4 is 5.69 Å². The average Bonchev–Trinajstić information content (AvgIpc) is 2.83. The summed E-state index contributed by atoms with van der Waals surface area (Å²) >= 11 is 0. The van der Waals surface area contributed by atoms with Gasteiger partial charge in [-0.1, -0.05) is 48.5 Å². The van der Waals surface area contributed by atoms with Crippen molar-refractivity contribution in [3.05, 3.63) is 65.7 Å². The third-order valence-corrected chi connectivity index (χ3v) is 3.66. The second-order valence-corrected chi connectivity index (χ2v) is 4.93. The number of nitrogens with zero attached hydrogens (tertiary/aromatic N) is 1. The van der Waals surface area contributed by atoms with Crippen molar-refractivity contribution < 1.29 is 13.2 Å². The highest BCUT2D eigenvalue weighted by atomic mass is 19.4. The Morgan fingerprint density at radius 3 is 2.25 bits per heavy atom. The second-order valence-electron chi connectivity index (χ2n) is 4.93. The fraction of sp³-hybridized carbons (Fsp3) is 0.250. The maximum atomic E-state index is 13.5. The van der Waals surface area contributed by atoms with Gasteiger partial charge in [0.05, 0.1) is 0 Å². The Hall–Kier alpha value is -1.97. The molecule has 2 aromatic rings. The van der Waals surface area contributed by atoms with Crippen molar-refractivity contribution in [1.82, 2.24) is 0 Å². The number of rotatable bonds is 2. The van der Waals surface area contributed by atoms with Gasteiger partial charge in [-0.3, -0.25) is 0 Å². The molecule has 1 atom stereocenters. The molecule has 0 radical (unpaired) electrons. The van der Waals surface area contributed by atoms with Crippen LogP contribution in [-0.4, -0.2) is 12.7 Å². The summed E-state index contributed by atoms with van der Waals surface area (Å²) in [6, 6.07) is 13.9. The number of alkyl halides is 3. The summed E-state index contributed by atoms with van der Waals surface area (Å²) in [6.45, 7) is 0.401. The van der Waals surface area contributed by atoms with Crippen LogP contribution in [0.15, 0.2) is 54.6 Å². The quantitative estimate of drug-likeness (QED) is 0.788. The van der Waals surface area contributed by atoms with Crippen LogP contribution in [0.2, 0.25) is 0 Å². The fourth-order valence-electron chi connectivity index (χ4n) is 2.81. The highest BCUT2D eigenvalue weighted by molar-refractivity contribution is 5.59. The van der Waals surface area contributed by atoms with E-state index >= 15 is 0 Å². The molecule has 1 aliphatic rings. The van der Waals surface area contributed by atoms with Crippen LogP contribution in [0.5, 0.6) is 0 Å². The van der Waals surface area contributed by atoms with Gasteiger partial charge in [-0.2, -0.15) is 13.2 Å². The topological polar surface area (TPSA) is 3.24 Å². The van der Waals surface area contributed by atoms with E-state index in [0.29, 0.717) is 18.7 Å². The lowest BCUT2D eigenvalue weighted by molar-refractivity contribution is -0.150. The lowest BCUT2D eigenvalue weighted by atomic mass is 10.0. The first-order chi connectivity index (χ1) is 9.57. The van der Waals surface area contributed by atoms with E-state index in [-0.39, 0.29) is 5.56 Å². The van der Waals surface area contributed by atoms with E-state index in [9.17, 15) is 13.2 Å². The van der Waals surface area contributed by atoms with Crippen LogP contribution in [0.3, 0.4) is 0 Å². The van der Waals surface area contributed by atoms with Crippen molar-refractivity contribution in [2.45, 2.75) is 18.6 Å². The van der Waals surface area contributed by atoms with Gasteiger partial charge in [0.2, 0.25) is 0 Å². The van der Waals surface area contributed by atoms with Gasteiger partial charge >= 0.3 is 6.18 Å². The molecule has 0 saturated carbocycles. The van der Waals surface area contributed by atoms with Crippen molar-refractivity contribution in [3.63, 3.8) is 0 Å². The molecule has 1 unspecified atom stereocenters. The van der Waals surface area contributed by atoms with Gasteiger partial charge < -0.3 is 4.90 Å². The van der Waals surface area contributed by atoms with E-state index < -0.39 is 12.2 Å². The summed E-state index contributed by atoms with van der Waals surface area (Å²) < 4.78 is 40.5. The number of fused-ring (bicyclic) bond motifs is 1. The summed E-state index contributed by atoms with van der Waals surface area (Å²) in [5.41, 5.74) is 1.97. The summed E-state index contributed by atoms with van der Waals surface area (Å²) in [7, 11) is 0. The SMILES string of the molecule is FC(F)(F)C(c1ccccc1)N1CCc2ccccc21.